The number of amides is 1. The van der Waals surface area contributed by atoms with Gasteiger partial charge >= 0.3 is 0 Å². The predicted molar refractivity (Wildman–Crippen MR) is 104 cm³/mol. The van der Waals surface area contributed by atoms with E-state index >= 15 is 0 Å². The van der Waals surface area contributed by atoms with Crippen LogP contribution >= 0.6 is 0 Å². The quantitative estimate of drug-likeness (QED) is 0.809. The van der Waals surface area contributed by atoms with Crippen LogP contribution in [0.3, 0.4) is 0 Å². The Kier molecular flexibility index (Phi) is 4.23. The van der Waals surface area contributed by atoms with Gasteiger partial charge in [0.25, 0.3) is 11.5 Å². The normalized spacial score (nSPS) is 24.6. The number of fused-ring (bicyclic) bond motifs is 2. The van der Waals surface area contributed by atoms with E-state index < -0.39 is 0 Å². The van der Waals surface area contributed by atoms with Gasteiger partial charge in [-0.1, -0.05) is 0 Å². The Morgan fingerprint density at radius 1 is 1.21 bits per heavy atom. The van der Waals surface area contributed by atoms with E-state index in [4.69, 9.17) is 9.72 Å². The summed E-state index contributed by atoms with van der Waals surface area (Å²) in [6.07, 6.45) is 7.02. The number of morpholine rings is 1. The van der Waals surface area contributed by atoms with Crippen LogP contribution in [-0.4, -0.2) is 65.2 Å². The maximum atomic E-state index is 12.9. The molecule has 2 N–H and O–H groups in total. The zero-order valence-electron chi connectivity index (χ0n) is 15.9. The van der Waals surface area contributed by atoms with Crippen LogP contribution in [0.4, 0.5) is 5.95 Å². The highest BCUT2D eigenvalue weighted by Crippen LogP contribution is 2.43. The molecule has 0 radical (unpaired) electrons. The summed E-state index contributed by atoms with van der Waals surface area (Å²) in [5, 5.41) is 0. The first kappa shape index (κ1) is 17.5. The minimum atomic E-state index is -0.213. The van der Waals surface area contributed by atoms with E-state index in [0.29, 0.717) is 31.3 Å². The number of carbonyl (C=O) groups excluding carboxylic acids is 1. The van der Waals surface area contributed by atoms with Gasteiger partial charge in [-0.05, 0) is 31.7 Å². The van der Waals surface area contributed by atoms with Crippen molar-refractivity contribution in [2.45, 2.75) is 31.1 Å². The molecule has 1 unspecified atom stereocenters. The summed E-state index contributed by atoms with van der Waals surface area (Å²) >= 11 is 0. The second kappa shape index (κ2) is 6.77. The van der Waals surface area contributed by atoms with E-state index in [9.17, 15) is 9.59 Å². The summed E-state index contributed by atoms with van der Waals surface area (Å²) in [6.45, 7) is 4.12. The molecule has 4 heterocycles. The number of likely N-dealkylation sites (tertiary alicyclic amines) is 1. The van der Waals surface area contributed by atoms with Gasteiger partial charge < -0.3 is 19.5 Å². The molecule has 1 spiro atoms. The number of aromatic nitrogens is 3. The Hall–Kier alpha value is -2.61. The number of anilines is 1. The van der Waals surface area contributed by atoms with Crippen molar-refractivity contribution in [1.82, 2.24) is 19.9 Å². The van der Waals surface area contributed by atoms with Crippen LogP contribution in [0.2, 0.25) is 0 Å². The minimum absolute atomic E-state index is 0.0301. The highest BCUT2D eigenvalue weighted by Gasteiger charge is 2.46. The maximum absolute atomic E-state index is 12.9. The van der Waals surface area contributed by atoms with Gasteiger partial charge in [-0.2, -0.15) is 0 Å². The molecule has 0 aromatic carbocycles. The largest absolute Gasteiger partial charge is 0.378 e. The number of aromatic amines is 2. The number of carbonyl (C=O) groups is 1. The highest BCUT2D eigenvalue weighted by molar-refractivity contribution is 5.94. The van der Waals surface area contributed by atoms with E-state index in [1.54, 1.807) is 12.4 Å². The van der Waals surface area contributed by atoms with Gasteiger partial charge in [0.1, 0.15) is 0 Å². The number of hydrogen-bond donors (Lipinski definition) is 2. The molecule has 2 saturated heterocycles. The van der Waals surface area contributed by atoms with Crippen molar-refractivity contribution in [3.63, 3.8) is 0 Å². The third kappa shape index (κ3) is 2.83. The van der Waals surface area contributed by atoms with Gasteiger partial charge in [0.05, 0.1) is 24.5 Å². The number of nitrogens with one attached hydrogen (secondary N) is 2. The topological polar surface area (TPSA) is 94.3 Å². The molecule has 5 rings (SSSR count). The number of H-pyrrole nitrogens is 2. The van der Waals surface area contributed by atoms with Crippen molar-refractivity contribution >= 4 is 11.9 Å². The fourth-order valence-corrected chi connectivity index (χ4v) is 4.91. The summed E-state index contributed by atoms with van der Waals surface area (Å²) in [7, 11) is 0. The molecule has 0 bridgehead atoms. The van der Waals surface area contributed by atoms with Crippen molar-refractivity contribution in [1.29, 1.82) is 0 Å². The summed E-state index contributed by atoms with van der Waals surface area (Å²) in [5.74, 6) is 0.689. The van der Waals surface area contributed by atoms with Gasteiger partial charge in [0.15, 0.2) is 0 Å². The molecule has 2 aromatic heterocycles. The van der Waals surface area contributed by atoms with E-state index in [1.165, 1.54) is 0 Å². The maximum Gasteiger partial charge on any atom is 0.255 e. The second-order valence-corrected chi connectivity index (χ2v) is 8.03. The Labute approximate surface area is 162 Å². The van der Waals surface area contributed by atoms with Crippen LogP contribution < -0.4 is 10.5 Å². The third-order valence-corrected chi connectivity index (χ3v) is 6.38. The van der Waals surface area contributed by atoms with Gasteiger partial charge in [0, 0.05) is 49.6 Å². The molecular formula is C20H25N5O3. The van der Waals surface area contributed by atoms with Crippen LogP contribution in [0.25, 0.3) is 0 Å². The van der Waals surface area contributed by atoms with Gasteiger partial charge in [-0.25, -0.2) is 4.98 Å². The van der Waals surface area contributed by atoms with Crippen molar-refractivity contribution < 1.29 is 9.53 Å². The molecule has 8 nitrogen and oxygen atoms in total. The van der Waals surface area contributed by atoms with Crippen molar-refractivity contribution in [3.8, 4) is 0 Å². The fraction of sp³-hybridized carbons (Fsp3) is 0.550. The van der Waals surface area contributed by atoms with Gasteiger partial charge in [0.2, 0.25) is 5.95 Å². The SMILES string of the molecule is O=C(c1cc[nH]c1)N1CCCC2(CCc3c2nc(N2CCOCC2)[nH]c3=O)C1. The van der Waals surface area contributed by atoms with Crippen LogP contribution in [0.1, 0.15) is 40.9 Å². The third-order valence-electron chi connectivity index (χ3n) is 6.38. The van der Waals surface area contributed by atoms with Crippen LogP contribution in [0, 0.1) is 0 Å². The van der Waals surface area contributed by atoms with E-state index in [2.05, 4.69) is 14.9 Å². The predicted octanol–water partition coefficient (Wildman–Crippen LogP) is 1.05. The Morgan fingerprint density at radius 2 is 2.07 bits per heavy atom. The lowest BCUT2D eigenvalue weighted by molar-refractivity contribution is 0.0633. The monoisotopic (exact) mass is 383 g/mol. The zero-order valence-corrected chi connectivity index (χ0v) is 15.9. The van der Waals surface area contributed by atoms with Crippen molar-refractivity contribution in [3.05, 3.63) is 45.6 Å². The summed E-state index contributed by atoms with van der Waals surface area (Å²) < 4.78 is 5.42. The smallest absolute Gasteiger partial charge is 0.255 e. The van der Waals surface area contributed by atoms with Crippen LogP contribution in [0.15, 0.2) is 23.3 Å². The molecule has 3 aliphatic rings. The molecule has 1 amide bonds. The number of ether oxygens (including phenoxy) is 1. The number of hydrogen-bond acceptors (Lipinski definition) is 5. The fourth-order valence-electron chi connectivity index (χ4n) is 4.91. The van der Waals surface area contributed by atoms with Gasteiger partial charge in [-0.3, -0.25) is 14.6 Å². The first-order valence-corrected chi connectivity index (χ1v) is 10.0. The molecule has 1 atom stereocenters. The molecule has 8 heteroatoms. The lowest BCUT2D eigenvalue weighted by Gasteiger charge is -2.40. The standard InChI is InChI=1S/C20H25N5O3/c26-17-15-2-5-20(16(15)22-19(23-17)24-8-10-28-11-9-24)4-1-7-25(13-20)18(27)14-3-6-21-12-14/h3,6,12,21H,1-2,4-5,7-11,13H2,(H,22,23,26). The van der Waals surface area contributed by atoms with E-state index in [-0.39, 0.29) is 16.9 Å². The van der Waals surface area contributed by atoms with Crippen molar-refractivity contribution in [2.24, 2.45) is 0 Å². The number of nitrogens with zero attached hydrogens (tertiary/aromatic N) is 3. The van der Waals surface area contributed by atoms with Crippen molar-refractivity contribution in [2.75, 3.05) is 44.3 Å². The molecule has 1 aliphatic carbocycles. The van der Waals surface area contributed by atoms with Crippen LogP contribution in [-0.2, 0) is 16.6 Å². The average molecular weight is 383 g/mol. The molecule has 2 fully saturated rings. The molecule has 148 valence electrons. The average Bonchev–Trinajstić information content (AvgIpc) is 3.38. The molecule has 2 aliphatic heterocycles. The van der Waals surface area contributed by atoms with Crippen LogP contribution in [0.5, 0.6) is 0 Å². The summed E-state index contributed by atoms with van der Waals surface area (Å²) in [6, 6.07) is 1.81. The Balaban J connectivity index is 1.48. The Bertz CT molecular complexity index is 932. The first-order valence-electron chi connectivity index (χ1n) is 10.0. The summed E-state index contributed by atoms with van der Waals surface area (Å²) in [4.78, 5) is 40.5. The molecule has 0 saturated carbocycles. The lowest BCUT2D eigenvalue weighted by atomic mass is 9.77. The minimum Gasteiger partial charge on any atom is -0.378 e. The number of rotatable bonds is 2. The zero-order chi connectivity index (χ0) is 19.1. The summed E-state index contributed by atoms with van der Waals surface area (Å²) in [5.41, 5.74) is 2.15. The Morgan fingerprint density at radius 3 is 2.86 bits per heavy atom. The highest BCUT2D eigenvalue weighted by atomic mass is 16.5. The number of piperidine rings is 1. The second-order valence-electron chi connectivity index (χ2n) is 8.03. The van der Waals surface area contributed by atoms with E-state index in [0.717, 1.165) is 56.6 Å². The van der Waals surface area contributed by atoms with E-state index in [1.807, 2.05) is 11.0 Å². The lowest BCUT2D eigenvalue weighted by Crippen LogP contribution is -2.48. The molecule has 28 heavy (non-hydrogen) atoms. The molecule has 2 aromatic rings. The molecular weight excluding hydrogens is 358 g/mol. The van der Waals surface area contributed by atoms with Gasteiger partial charge in [-0.15, -0.1) is 0 Å². The first-order chi connectivity index (χ1) is 13.7.